The molecule has 0 saturated carbocycles. The van der Waals surface area contributed by atoms with Crippen molar-refractivity contribution >= 4 is 11.9 Å². The van der Waals surface area contributed by atoms with Gasteiger partial charge in [0.25, 0.3) is 5.91 Å². The van der Waals surface area contributed by atoms with Crippen LogP contribution in [0.15, 0.2) is 24.3 Å². The first-order chi connectivity index (χ1) is 9.34. The van der Waals surface area contributed by atoms with Gasteiger partial charge in [0.1, 0.15) is 12.3 Å². The highest BCUT2D eigenvalue weighted by atomic mass is 19.4. The number of methoxy groups -OCH3 is 1. The molecule has 1 aromatic rings. The van der Waals surface area contributed by atoms with Gasteiger partial charge in [-0.25, -0.2) is 0 Å². The summed E-state index contributed by atoms with van der Waals surface area (Å²) in [7, 11) is 1.14. The van der Waals surface area contributed by atoms with E-state index in [0.29, 0.717) is 0 Å². The number of carbonyl (C=O) groups is 2. The van der Waals surface area contributed by atoms with Gasteiger partial charge in [0, 0.05) is 0 Å². The minimum Gasteiger partial charge on any atom is -0.483 e. The molecule has 0 aliphatic rings. The van der Waals surface area contributed by atoms with E-state index in [9.17, 15) is 22.8 Å². The second kappa shape index (κ2) is 6.78. The Morgan fingerprint density at radius 2 is 1.90 bits per heavy atom. The largest absolute Gasteiger partial charge is 0.483 e. The minimum absolute atomic E-state index is 0.375. The fraction of sp³-hybridized carbons (Fsp3) is 0.333. The van der Waals surface area contributed by atoms with Crippen molar-refractivity contribution in [1.82, 2.24) is 5.32 Å². The Kier molecular flexibility index (Phi) is 5.36. The number of hydrogen-bond acceptors (Lipinski definition) is 4. The SMILES string of the molecule is COC(=O)CNC(=O)COc1ccccc1C(F)(F)F. The normalized spacial score (nSPS) is 10.8. The molecule has 0 aromatic heterocycles. The Balaban J connectivity index is 2.58. The number of halogens is 3. The van der Waals surface area contributed by atoms with Gasteiger partial charge in [-0.3, -0.25) is 9.59 Å². The average Bonchev–Trinajstić information content (AvgIpc) is 2.41. The highest BCUT2D eigenvalue weighted by molar-refractivity contribution is 5.82. The quantitative estimate of drug-likeness (QED) is 0.832. The number of para-hydroxylation sites is 1. The van der Waals surface area contributed by atoms with Crippen LogP contribution in [-0.2, 0) is 20.5 Å². The van der Waals surface area contributed by atoms with Crippen molar-refractivity contribution in [3.8, 4) is 5.75 Å². The van der Waals surface area contributed by atoms with E-state index in [1.165, 1.54) is 12.1 Å². The maximum atomic E-state index is 12.6. The molecule has 8 heteroatoms. The van der Waals surface area contributed by atoms with Gasteiger partial charge in [-0.2, -0.15) is 13.2 Å². The molecule has 0 saturated heterocycles. The number of alkyl halides is 3. The van der Waals surface area contributed by atoms with Gasteiger partial charge in [-0.15, -0.1) is 0 Å². The summed E-state index contributed by atoms with van der Waals surface area (Å²) in [6, 6.07) is 4.53. The first kappa shape index (κ1) is 15.8. The number of nitrogens with one attached hydrogen (secondary N) is 1. The molecule has 1 amide bonds. The topological polar surface area (TPSA) is 64.6 Å². The third-order valence-corrected chi connectivity index (χ3v) is 2.21. The molecule has 0 radical (unpaired) electrons. The van der Waals surface area contributed by atoms with Crippen molar-refractivity contribution in [3.05, 3.63) is 29.8 Å². The first-order valence-electron chi connectivity index (χ1n) is 5.47. The fourth-order valence-corrected chi connectivity index (χ4v) is 1.26. The molecule has 1 rings (SSSR count). The maximum absolute atomic E-state index is 12.6. The molecule has 110 valence electrons. The van der Waals surface area contributed by atoms with Gasteiger partial charge >= 0.3 is 12.1 Å². The van der Waals surface area contributed by atoms with Crippen molar-refractivity contribution in [1.29, 1.82) is 0 Å². The summed E-state index contributed by atoms with van der Waals surface area (Å²) in [6.07, 6.45) is -4.57. The number of hydrogen-bond donors (Lipinski definition) is 1. The molecule has 0 heterocycles. The summed E-state index contributed by atoms with van der Waals surface area (Å²) in [5.41, 5.74) is -0.972. The molecule has 0 aliphatic heterocycles. The Labute approximate surface area is 112 Å². The van der Waals surface area contributed by atoms with Gasteiger partial charge in [0.15, 0.2) is 6.61 Å². The van der Waals surface area contributed by atoms with E-state index in [1.807, 2.05) is 0 Å². The van der Waals surface area contributed by atoms with Gasteiger partial charge in [-0.05, 0) is 12.1 Å². The van der Waals surface area contributed by atoms with Crippen LogP contribution in [0.3, 0.4) is 0 Å². The van der Waals surface area contributed by atoms with Crippen LogP contribution < -0.4 is 10.1 Å². The zero-order valence-corrected chi connectivity index (χ0v) is 10.5. The second-order valence-corrected chi connectivity index (χ2v) is 3.64. The Bertz CT molecular complexity index is 488. The fourth-order valence-electron chi connectivity index (χ4n) is 1.26. The molecular formula is C12H12F3NO4. The molecule has 0 spiro atoms. The summed E-state index contributed by atoms with van der Waals surface area (Å²) in [5, 5.41) is 2.14. The highest BCUT2D eigenvalue weighted by Crippen LogP contribution is 2.35. The number of carbonyl (C=O) groups excluding carboxylic acids is 2. The molecule has 0 unspecified atom stereocenters. The lowest BCUT2D eigenvalue weighted by Crippen LogP contribution is -2.34. The van der Waals surface area contributed by atoms with E-state index in [-0.39, 0.29) is 6.54 Å². The minimum atomic E-state index is -4.57. The highest BCUT2D eigenvalue weighted by Gasteiger charge is 2.34. The zero-order chi connectivity index (χ0) is 15.2. The predicted molar refractivity (Wildman–Crippen MR) is 62.0 cm³/mol. The molecule has 0 bridgehead atoms. The Hall–Kier alpha value is -2.25. The van der Waals surface area contributed by atoms with E-state index in [4.69, 9.17) is 4.74 Å². The lowest BCUT2D eigenvalue weighted by Gasteiger charge is -2.13. The number of ether oxygens (including phenoxy) is 2. The van der Waals surface area contributed by atoms with E-state index >= 15 is 0 Å². The van der Waals surface area contributed by atoms with Crippen molar-refractivity contribution in [3.63, 3.8) is 0 Å². The molecule has 0 fully saturated rings. The van der Waals surface area contributed by atoms with Gasteiger partial charge in [-0.1, -0.05) is 12.1 Å². The van der Waals surface area contributed by atoms with E-state index in [1.54, 1.807) is 0 Å². The molecule has 1 aromatic carbocycles. The van der Waals surface area contributed by atoms with Crippen molar-refractivity contribution < 1.29 is 32.2 Å². The van der Waals surface area contributed by atoms with E-state index < -0.39 is 36.0 Å². The predicted octanol–water partition coefficient (Wildman–Crippen LogP) is 1.37. The van der Waals surface area contributed by atoms with Gasteiger partial charge in [0.2, 0.25) is 0 Å². The maximum Gasteiger partial charge on any atom is 0.419 e. The number of esters is 1. The molecular weight excluding hydrogens is 279 g/mol. The summed E-state index contributed by atoms with van der Waals surface area (Å²) >= 11 is 0. The lowest BCUT2D eigenvalue weighted by molar-refractivity contribution is -0.141. The molecule has 20 heavy (non-hydrogen) atoms. The average molecular weight is 291 g/mol. The standard InChI is InChI=1S/C12H12F3NO4/c1-19-11(18)6-16-10(17)7-20-9-5-3-2-4-8(9)12(13,14)15/h2-5H,6-7H2,1H3,(H,16,17). The van der Waals surface area contributed by atoms with Crippen LogP contribution in [0, 0.1) is 0 Å². The summed E-state index contributed by atoms with van der Waals surface area (Å²) in [5.74, 6) is -1.85. The number of benzene rings is 1. The van der Waals surface area contributed by atoms with Crippen LogP contribution >= 0.6 is 0 Å². The summed E-state index contributed by atoms with van der Waals surface area (Å²) in [4.78, 5) is 22.0. The van der Waals surface area contributed by atoms with Crippen molar-refractivity contribution in [2.45, 2.75) is 6.18 Å². The van der Waals surface area contributed by atoms with Gasteiger partial charge < -0.3 is 14.8 Å². The van der Waals surface area contributed by atoms with Crippen LogP contribution in [0.1, 0.15) is 5.56 Å². The molecule has 0 aliphatic carbocycles. The molecule has 5 nitrogen and oxygen atoms in total. The van der Waals surface area contributed by atoms with Gasteiger partial charge in [0.05, 0.1) is 12.7 Å². The summed E-state index contributed by atoms with van der Waals surface area (Å²) in [6.45, 7) is -1.01. The van der Waals surface area contributed by atoms with Crippen LogP contribution in [-0.4, -0.2) is 32.1 Å². The lowest BCUT2D eigenvalue weighted by atomic mass is 10.2. The van der Waals surface area contributed by atoms with Crippen molar-refractivity contribution in [2.75, 3.05) is 20.3 Å². The second-order valence-electron chi connectivity index (χ2n) is 3.64. The van der Waals surface area contributed by atoms with Crippen LogP contribution in [0.5, 0.6) is 5.75 Å². The van der Waals surface area contributed by atoms with E-state index in [0.717, 1.165) is 19.2 Å². The number of amides is 1. The smallest absolute Gasteiger partial charge is 0.419 e. The van der Waals surface area contributed by atoms with E-state index in [2.05, 4.69) is 10.1 Å². The van der Waals surface area contributed by atoms with Crippen molar-refractivity contribution in [2.24, 2.45) is 0 Å². The Morgan fingerprint density at radius 1 is 1.25 bits per heavy atom. The molecule has 0 atom stereocenters. The number of rotatable bonds is 5. The zero-order valence-electron chi connectivity index (χ0n) is 10.5. The third-order valence-electron chi connectivity index (χ3n) is 2.21. The van der Waals surface area contributed by atoms with Crippen LogP contribution in [0.25, 0.3) is 0 Å². The molecule has 1 N–H and O–H groups in total. The Morgan fingerprint density at radius 3 is 2.50 bits per heavy atom. The van der Waals surface area contributed by atoms with Crippen LogP contribution in [0.4, 0.5) is 13.2 Å². The third kappa shape index (κ3) is 4.79. The monoisotopic (exact) mass is 291 g/mol. The summed E-state index contributed by atoms with van der Waals surface area (Å²) < 4.78 is 47.0. The first-order valence-corrected chi connectivity index (χ1v) is 5.47. The van der Waals surface area contributed by atoms with Crippen LogP contribution in [0.2, 0.25) is 0 Å².